The highest BCUT2D eigenvalue weighted by molar-refractivity contribution is 5.85. The summed E-state index contributed by atoms with van der Waals surface area (Å²) in [6.45, 7) is 0.629. The van der Waals surface area contributed by atoms with Gasteiger partial charge in [-0.25, -0.2) is 9.59 Å². The van der Waals surface area contributed by atoms with Crippen LogP contribution in [-0.2, 0) is 14.3 Å². The van der Waals surface area contributed by atoms with Gasteiger partial charge in [0.15, 0.2) is 0 Å². The summed E-state index contributed by atoms with van der Waals surface area (Å²) < 4.78 is 10.2. The largest absolute Gasteiger partial charge is 0.467 e. The Morgan fingerprint density at radius 2 is 1.64 bits per heavy atom. The van der Waals surface area contributed by atoms with Gasteiger partial charge in [0.25, 0.3) is 0 Å². The molecule has 0 aliphatic heterocycles. The smallest absolute Gasteiger partial charge is 0.407 e. The number of methoxy groups -OCH3 is 1. The number of halogens is 1. The number of hydrogen-bond donors (Lipinski definition) is 2. The van der Waals surface area contributed by atoms with Crippen LogP contribution in [0.25, 0.3) is 11.1 Å². The van der Waals surface area contributed by atoms with Gasteiger partial charge < -0.3 is 20.5 Å². The highest BCUT2D eigenvalue weighted by atomic mass is 35.5. The predicted molar refractivity (Wildman–Crippen MR) is 110 cm³/mol. The first-order valence-electron chi connectivity index (χ1n) is 9.05. The van der Waals surface area contributed by atoms with Gasteiger partial charge in [0, 0.05) is 5.92 Å². The van der Waals surface area contributed by atoms with Crippen molar-refractivity contribution in [2.45, 2.75) is 24.8 Å². The molecule has 0 saturated carbocycles. The van der Waals surface area contributed by atoms with Gasteiger partial charge in [0.1, 0.15) is 12.6 Å². The minimum absolute atomic E-state index is 0. The van der Waals surface area contributed by atoms with E-state index in [9.17, 15) is 9.59 Å². The monoisotopic (exact) mass is 404 g/mol. The Kier molecular flexibility index (Phi) is 7.84. The summed E-state index contributed by atoms with van der Waals surface area (Å²) in [5.74, 6) is -0.527. The number of benzene rings is 2. The molecule has 0 radical (unpaired) electrons. The van der Waals surface area contributed by atoms with E-state index in [1.807, 2.05) is 24.3 Å². The second-order valence-electron chi connectivity index (χ2n) is 6.48. The highest BCUT2D eigenvalue weighted by Crippen LogP contribution is 2.44. The van der Waals surface area contributed by atoms with Crippen LogP contribution >= 0.6 is 12.4 Å². The van der Waals surface area contributed by atoms with Crippen molar-refractivity contribution in [2.24, 2.45) is 5.73 Å². The van der Waals surface area contributed by atoms with E-state index in [-0.39, 0.29) is 24.9 Å². The topological polar surface area (TPSA) is 90.6 Å². The summed E-state index contributed by atoms with van der Waals surface area (Å²) in [5, 5.41) is 2.58. The lowest BCUT2D eigenvalue weighted by Gasteiger charge is -2.18. The second kappa shape index (κ2) is 10.1. The summed E-state index contributed by atoms with van der Waals surface area (Å²) in [5.41, 5.74) is 10.1. The number of hydrogen-bond acceptors (Lipinski definition) is 5. The maximum Gasteiger partial charge on any atom is 0.407 e. The summed E-state index contributed by atoms with van der Waals surface area (Å²) in [4.78, 5) is 24.1. The number of fused-ring (bicyclic) bond motifs is 3. The molecule has 3 rings (SSSR count). The van der Waals surface area contributed by atoms with Crippen molar-refractivity contribution in [2.75, 3.05) is 20.3 Å². The fraction of sp³-hybridized carbons (Fsp3) is 0.333. The molecule has 0 spiro atoms. The molecule has 0 bridgehead atoms. The summed E-state index contributed by atoms with van der Waals surface area (Å²) in [6, 6.07) is 15.5. The van der Waals surface area contributed by atoms with Crippen LogP contribution in [-0.4, -0.2) is 38.4 Å². The zero-order chi connectivity index (χ0) is 19.2. The van der Waals surface area contributed by atoms with Crippen molar-refractivity contribution >= 4 is 24.5 Å². The van der Waals surface area contributed by atoms with Crippen LogP contribution in [0.15, 0.2) is 48.5 Å². The average molecular weight is 405 g/mol. The molecule has 0 fully saturated rings. The predicted octanol–water partition coefficient (Wildman–Crippen LogP) is 3.23. The molecular formula is C21H25ClN2O4. The van der Waals surface area contributed by atoms with Crippen molar-refractivity contribution < 1.29 is 19.1 Å². The van der Waals surface area contributed by atoms with Crippen LogP contribution in [0.1, 0.15) is 29.9 Å². The van der Waals surface area contributed by atoms with E-state index in [2.05, 4.69) is 29.6 Å². The Hall–Kier alpha value is -2.57. The number of alkyl carbamates (subject to hydrolysis) is 1. The average Bonchev–Trinajstić information content (AvgIpc) is 3.03. The van der Waals surface area contributed by atoms with Crippen LogP contribution in [0, 0.1) is 0 Å². The van der Waals surface area contributed by atoms with E-state index in [1.165, 1.54) is 7.11 Å². The number of carbonyl (C=O) groups is 2. The molecular weight excluding hydrogens is 380 g/mol. The lowest BCUT2D eigenvalue weighted by atomic mass is 9.98. The first-order chi connectivity index (χ1) is 13.2. The SMILES string of the molecule is COC(=O)[C@@H](CCCN)NC(=O)OCC1c2ccccc2-c2ccccc21.Cl. The molecule has 1 amide bonds. The molecule has 2 aromatic carbocycles. The Balaban J connectivity index is 0.00000280. The number of carbonyl (C=O) groups excluding carboxylic acids is 2. The number of esters is 1. The maximum atomic E-state index is 12.2. The molecule has 0 unspecified atom stereocenters. The summed E-state index contributed by atoms with van der Waals surface area (Å²) in [6.07, 6.45) is 0.376. The molecule has 28 heavy (non-hydrogen) atoms. The number of nitrogens with one attached hydrogen (secondary N) is 1. The Labute approximate surface area is 170 Å². The lowest BCUT2D eigenvalue weighted by Crippen LogP contribution is -2.42. The maximum absolute atomic E-state index is 12.2. The van der Waals surface area contributed by atoms with Crippen molar-refractivity contribution in [3.05, 3.63) is 59.7 Å². The first-order valence-corrected chi connectivity index (χ1v) is 9.05. The van der Waals surface area contributed by atoms with Crippen molar-refractivity contribution in [1.29, 1.82) is 0 Å². The minimum atomic E-state index is -0.755. The molecule has 150 valence electrons. The second-order valence-corrected chi connectivity index (χ2v) is 6.48. The molecule has 3 N–H and O–H groups in total. The molecule has 1 aliphatic carbocycles. The zero-order valence-electron chi connectivity index (χ0n) is 15.7. The van der Waals surface area contributed by atoms with E-state index in [0.29, 0.717) is 19.4 Å². The van der Waals surface area contributed by atoms with Gasteiger partial charge in [-0.3, -0.25) is 0 Å². The Bertz CT molecular complexity index is 782. The number of nitrogens with two attached hydrogens (primary N) is 1. The molecule has 0 saturated heterocycles. The summed E-state index contributed by atoms with van der Waals surface area (Å²) >= 11 is 0. The van der Waals surface area contributed by atoms with Crippen LogP contribution in [0.4, 0.5) is 4.79 Å². The molecule has 2 aromatic rings. The van der Waals surface area contributed by atoms with E-state index in [4.69, 9.17) is 15.2 Å². The van der Waals surface area contributed by atoms with Crippen LogP contribution in [0.2, 0.25) is 0 Å². The van der Waals surface area contributed by atoms with E-state index >= 15 is 0 Å². The van der Waals surface area contributed by atoms with Crippen molar-refractivity contribution in [3.63, 3.8) is 0 Å². The van der Waals surface area contributed by atoms with Crippen molar-refractivity contribution in [1.82, 2.24) is 5.32 Å². The van der Waals surface area contributed by atoms with Crippen LogP contribution in [0.5, 0.6) is 0 Å². The van der Waals surface area contributed by atoms with Gasteiger partial charge in [-0.05, 0) is 41.6 Å². The van der Waals surface area contributed by atoms with Gasteiger partial charge in [-0.1, -0.05) is 48.5 Å². The third-order valence-corrected chi connectivity index (χ3v) is 4.82. The van der Waals surface area contributed by atoms with Gasteiger partial charge >= 0.3 is 12.1 Å². The third-order valence-electron chi connectivity index (χ3n) is 4.82. The molecule has 1 atom stereocenters. The van der Waals surface area contributed by atoms with Gasteiger partial charge in [0.05, 0.1) is 7.11 Å². The van der Waals surface area contributed by atoms with Crippen LogP contribution in [0.3, 0.4) is 0 Å². The quantitative estimate of drug-likeness (QED) is 0.691. The number of ether oxygens (including phenoxy) is 2. The minimum Gasteiger partial charge on any atom is -0.467 e. The molecule has 7 heteroatoms. The molecule has 0 heterocycles. The van der Waals surface area contributed by atoms with Gasteiger partial charge in [-0.15, -0.1) is 12.4 Å². The number of amides is 1. The zero-order valence-corrected chi connectivity index (χ0v) is 16.5. The highest BCUT2D eigenvalue weighted by Gasteiger charge is 2.29. The molecule has 6 nitrogen and oxygen atoms in total. The first kappa shape index (κ1) is 21.7. The third kappa shape index (κ3) is 4.64. The standard InChI is InChI=1S/C21H24N2O4.ClH/c1-26-20(24)19(11-6-12-22)23-21(25)27-13-18-16-9-4-2-7-14(16)15-8-3-5-10-17(15)18;/h2-5,7-10,18-19H,6,11-13,22H2,1H3,(H,23,25);1H/t19-;/m1./s1. The van der Waals surface area contributed by atoms with Crippen molar-refractivity contribution in [3.8, 4) is 11.1 Å². The van der Waals surface area contributed by atoms with Crippen LogP contribution < -0.4 is 11.1 Å². The van der Waals surface area contributed by atoms with Gasteiger partial charge in [-0.2, -0.15) is 0 Å². The van der Waals surface area contributed by atoms with E-state index in [0.717, 1.165) is 22.3 Å². The van der Waals surface area contributed by atoms with E-state index < -0.39 is 18.1 Å². The van der Waals surface area contributed by atoms with E-state index in [1.54, 1.807) is 0 Å². The lowest BCUT2D eigenvalue weighted by molar-refractivity contribution is -0.143. The Morgan fingerprint density at radius 3 is 2.18 bits per heavy atom. The van der Waals surface area contributed by atoms with Gasteiger partial charge in [0.2, 0.25) is 0 Å². The Morgan fingerprint density at radius 1 is 1.07 bits per heavy atom. The fourth-order valence-electron chi connectivity index (χ4n) is 3.50. The molecule has 0 aromatic heterocycles. The summed E-state index contributed by atoms with van der Waals surface area (Å²) in [7, 11) is 1.29. The normalized spacial score (nSPS) is 12.9. The number of rotatable bonds is 7. The fourth-order valence-corrected chi connectivity index (χ4v) is 3.50. The molecule has 1 aliphatic rings.